The summed E-state index contributed by atoms with van der Waals surface area (Å²) in [5, 5.41) is 14.0. The smallest absolute Gasteiger partial charge is 0.254 e. The van der Waals surface area contributed by atoms with Gasteiger partial charge in [-0.3, -0.25) is 4.79 Å². The first-order valence-electron chi connectivity index (χ1n) is 5.66. The molecular weight excluding hydrogens is 214 g/mol. The highest BCUT2D eigenvalue weighted by Gasteiger charge is 2.09. The van der Waals surface area contributed by atoms with E-state index < -0.39 is 0 Å². The molecule has 0 spiro atoms. The van der Waals surface area contributed by atoms with E-state index in [0.29, 0.717) is 5.56 Å². The molecule has 1 amide bonds. The molecule has 0 aliphatic rings. The third-order valence-corrected chi connectivity index (χ3v) is 2.34. The summed E-state index contributed by atoms with van der Waals surface area (Å²) in [5.74, 6) is -0.272. The summed E-state index contributed by atoms with van der Waals surface area (Å²) < 4.78 is 0. The zero-order chi connectivity index (χ0) is 12.8. The maximum atomic E-state index is 11.4. The number of hydrogen-bond acceptors (Lipinski definition) is 2. The van der Waals surface area contributed by atoms with Crippen LogP contribution in [0.4, 0.5) is 0 Å². The van der Waals surface area contributed by atoms with Crippen LogP contribution >= 0.6 is 0 Å². The summed E-state index contributed by atoms with van der Waals surface area (Å²) in [6.07, 6.45) is 0. The summed E-state index contributed by atoms with van der Waals surface area (Å²) in [6.45, 7) is 4.00. The Morgan fingerprint density at radius 2 is 1.65 bits per heavy atom. The summed E-state index contributed by atoms with van der Waals surface area (Å²) >= 11 is 0. The largest absolute Gasteiger partial charge is 0.507 e. The van der Waals surface area contributed by atoms with Gasteiger partial charge in [0.25, 0.3) is 5.91 Å². The number of hydrogen-bond donors (Lipinski definition) is 2. The van der Waals surface area contributed by atoms with E-state index in [1.807, 2.05) is 38.1 Å². The molecule has 0 unspecified atom stereocenters. The molecule has 3 heteroatoms. The predicted octanol–water partition coefficient (Wildman–Crippen LogP) is 2.93. The molecule has 90 valence electrons. The standard InChI is InChI=1S/C12H11NO2.C2H6/c1-13-12(15)10-6-8-4-2-3-5-9(8)7-11(10)14;1-2/h2-7,14H,1H3,(H,13,15);1-2H3. The Bertz CT molecular complexity index is 521. The number of aromatic hydroxyl groups is 1. The second-order valence-corrected chi connectivity index (χ2v) is 3.30. The molecule has 0 saturated heterocycles. The molecule has 2 aromatic rings. The van der Waals surface area contributed by atoms with E-state index >= 15 is 0 Å². The van der Waals surface area contributed by atoms with Crippen molar-refractivity contribution in [1.82, 2.24) is 5.32 Å². The van der Waals surface area contributed by atoms with Crippen molar-refractivity contribution in [2.24, 2.45) is 0 Å². The number of amides is 1. The van der Waals surface area contributed by atoms with Crippen LogP contribution in [0.15, 0.2) is 36.4 Å². The van der Waals surface area contributed by atoms with Crippen LogP contribution < -0.4 is 5.32 Å². The van der Waals surface area contributed by atoms with Crippen LogP contribution in [0.5, 0.6) is 5.75 Å². The zero-order valence-corrected chi connectivity index (χ0v) is 10.3. The van der Waals surface area contributed by atoms with Gasteiger partial charge in [-0.05, 0) is 22.9 Å². The molecule has 2 N–H and O–H groups in total. The SMILES string of the molecule is CC.CNC(=O)c1cc2ccccc2cc1O. The van der Waals surface area contributed by atoms with E-state index in [1.54, 1.807) is 12.1 Å². The Labute approximate surface area is 101 Å². The molecule has 0 radical (unpaired) electrons. The molecule has 0 fully saturated rings. The molecule has 2 rings (SSSR count). The monoisotopic (exact) mass is 231 g/mol. The lowest BCUT2D eigenvalue weighted by atomic mass is 10.1. The van der Waals surface area contributed by atoms with Gasteiger partial charge in [0.1, 0.15) is 5.75 Å². The lowest BCUT2D eigenvalue weighted by Crippen LogP contribution is -2.17. The van der Waals surface area contributed by atoms with Crippen molar-refractivity contribution in [3.8, 4) is 5.75 Å². The zero-order valence-electron chi connectivity index (χ0n) is 10.3. The van der Waals surface area contributed by atoms with Crippen LogP contribution in [0.1, 0.15) is 24.2 Å². The number of phenolic OH excluding ortho intramolecular Hbond substituents is 1. The highest BCUT2D eigenvalue weighted by Crippen LogP contribution is 2.24. The highest BCUT2D eigenvalue weighted by atomic mass is 16.3. The van der Waals surface area contributed by atoms with Crippen molar-refractivity contribution >= 4 is 16.7 Å². The molecule has 0 heterocycles. The van der Waals surface area contributed by atoms with Crippen molar-refractivity contribution < 1.29 is 9.90 Å². The Hall–Kier alpha value is -2.03. The first kappa shape index (κ1) is 13.0. The number of benzene rings is 2. The Morgan fingerprint density at radius 1 is 1.12 bits per heavy atom. The van der Waals surface area contributed by atoms with Crippen LogP contribution in [0.25, 0.3) is 10.8 Å². The maximum absolute atomic E-state index is 11.4. The molecule has 0 aromatic heterocycles. The summed E-state index contributed by atoms with van der Waals surface area (Å²) in [5.41, 5.74) is 0.302. The van der Waals surface area contributed by atoms with E-state index in [0.717, 1.165) is 10.8 Å². The predicted molar refractivity (Wildman–Crippen MR) is 70.4 cm³/mol. The second-order valence-electron chi connectivity index (χ2n) is 3.30. The molecule has 0 atom stereocenters. The average molecular weight is 231 g/mol. The maximum Gasteiger partial charge on any atom is 0.254 e. The normalized spacial score (nSPS) is 9.35. The highest BCUT2D eigenvalue weighted by molar-refractivity contribution is 6.01. The van der Waals surface area contributed by atoms with Gasteiger partial charge in [-0.1, -0.05) is 38.1 Å². The van der Waals surface area contributed by atoms with Crippen LogP contribution in [0, 0.1) is 0 Å². The fraction of sp³-hybridized carbons (Fsp3) is 0.214. The summed E-state index contributed by atoms with van der Waals surface area (Å²) in [6, 6.07) is 10.9. The van der Waals surface area contributed by atoms with Crippen LogP contribution in [0.3, 0.4) is 0 Å². The first-order chi connectivity index (χ1) is 8.22. The Morgan fingerprint density at radius 3 is 2.18 bits per heavy atom. The number of rotatable bonds is 1. The molecule has 2 aromatic carbocycles. The molecule has 0 saturated carbocycles. The number of nitrogens with one attached hydrogen (secondary N) is 1. The van der Waals surface area contributed by atoms with Gasteiger partial charge in [0.05, 0.1) is 5.56 Å². The minimum atomic E-state index is -0.279. The minimum Gasteiger partial charge on any atom is -0.507 e. The quantitative estimate of drug-likeness (QED) is 0.792. The average Bonchev–Trinajstić information content (AvgIpc) is 2.39. The van der Waals surface area contributed by atoms with E-state index in [4.69, 9.17) is 0 Å². The van der Waals surface area contributed by atoms with Gasteiger partial charge in [0.15, 0.2) is 0 Å². The van der Waals surface area contributed by atoms with E-state index in [-0.39, 0.29) is 11.7 Å². The van der Waals surface area contributed by atoms with Gasteiger partial charge in [0, 0.05) is 7.05 Å². The van der Waals surface area contributed by atoms with Crippen molar-refractivity contribution in [1.29, 1.82) is 0 Å². The van der Waals surface area contributed by atoms with Crippen molar-refractivity contribution in [2.45, 2.75) is 13.8 Å². The molecule has 0 bridgehead atoms. The lowest BCUT2D eigenvalue weighted by Gasteiger charge is -2.05. The van der Waals surface area contributed by atoms with Crippen LogP contribution in [0.2, 0.25) is 0 Å². The van der Waals surface area contributed by atoms with Crippen molar-refractivity contribution in [3.63, 3.8) is 0 Å². The van der Waals surface area contributed by atoms with Crippen LogP contribution in [-0.2, 0) is 0 Å². The van der Waals surface area contributed by atoms with Crippen molar-refractivity contribution in [2.75, 3.05) is 7.05 Å². The van der Waals surface area contributed by atoms with E-state index in [2.05, 4.69) is 5.32 Å². The van der Waals surface area contributed by atoms with Gasteiger partial charge < -0.3 is 10.4 Å². The second kappa shape index (κ2) is 5.89. The summed E-state index contributed by atoms with van der Waals surface area (Å²) in [7, 11) is 1.54. The number of fused-ring (bicyclic) bond motifs is 1. The molecule has 0 aliphatic carbocycles. The fourth-order valence-corrected chi connectivity index (χ4v) is 1.54. The fourth-order valence-electron chi connectivity index (χ4n) is 1.54. The molecule has 17 heavy (non-hydrogen) atoms. The van der Waals surface area contributed by atoms with E-state index in [1.165, 1.54) is 7.05 Å². The topological polar surface area (TPSA) is 49.3 Å². The lowest BCUT2D eigenvalue weighted by molar-refractivity contribution is 0.0960. The van der Waals surface area contributed by atoms with E-state index in [9.17, 15) is 9.90 Å². The summed E-state index contributed by atoms with van der Waals surface area (Å²) in [4.78, 5) is 11.4. The third-order valence-electron chi connectivity index (χ3n) is 2.34. The van der Waals surface area contributed by atoms with Gasteiger partial charge in [0.2, 0.25) is 0 Å². The van der Waals surface area contributed by atoms with Gasteiger partial charge in [-0.25, -0.2) is 0 Å². The molecule has 0 aliphatic heterocycles. The number of carbonyl (C=O) groups is 1. The van der Waals surface area contributed by atoms with Gasteiger partial charge >= 0.3 is 0 Å². The molecular formula is C14H17NO2. The first-order valence-corrected chi connectivity index (χ1v) is 5.66. The minimum absolute atomic E-state index is 0.00745. The Kier molecular flexibility index (Phi) is 4.52. The number of phenols is 1. The Balaban J connectivity index is 0.000000686. The molecule has 3 nitrogen and oxygen atoms in total. The van der Waals surface area contributed by atoms with Crippen molar-refractivity contribution in [3.05, 3.63) is 42.0 Å². The van der Waals surface area contributed by atoms with Crippen LogP contribution in [-0.4, -0.2) is 18.1 Å². The third kappa shape index (κ3) is 2.75. The van der Waals surface area contributed by atoms with Gasteiger partial charge in [-0.15, -0.1) is 0 Å². The van der Waals surface area contributed by atoms with Gasteiger partial charge in [-0.2, -0.15) is 0 Å². The number of carbonyl (C=O) groups excluding carboxylic acids is 1.